The smallest absolute Gasteiger partial charge is 0.265 e. The molecule has 0 unspecified atom stereocenters. The number of benzene rings is 1. The van der Waals surface area contributed by atoms with Crippen LogP contribution in [0.1, 0.15) is 0 Å². The van der Waals surface area contributed by atoms with E-state index >= 15 is 0 Å². The summed E-state index contributed by atoms with van der Waals surface area (Å²) in [6.45, 7) is 0.0900. The second kappa shape index (κ2) is 6.33. The third-order valence-electron chi connectivity index (χ3n) is 2.65. The van der Waals surface area contributed by atoms with Gasteiger partial charge in [0.15, 0.2) is 0 Å². The van der Waals surface area contributed by atoms with Gasteiger partial charge in [-0.05, 0) is 18.2 Å². The highest BCUT2D eigenvalue weighted by molar-refractivity contribution is 7.92. The molecule has 0 fully saturated rings. The molecule has 2 rings (SSSR count). The first-order valence-electron chi connectivity index (χ1n) is 5.96. The zero-order chi connectivity index (χ0) is 15.5. The second-order valence-corrected chi connectivity index (χ2v) is 6.23. The van der Waals surface area contributed by atoms with Crippen molar-refractivity contribution in [1.29, 1.82) is 0 Å². The van der Waals surface area contributed by atoms with E-state index in [1.54, 1.807) is 12.1 Å². The SMILES string of the molecule is COc1ccc(Cl)cc1NS(=O)(=O)c1cnn(CCO)c1. The Morgan fingerprint density at radius 1 is 1.48 bits per heavy atom. The highest BCUT2D eigenvalue weighted by Crippen LogP contribution is 2.29. The number of nitrogens with one attached hydrogen (secondary N) is 1. The van der Waals surface area contributed by atoms with E-state index in [0.29, 0.717) is 10.8 Å². The Kier molecular flexibility index (Phi) is 4.71. The number of ether oxygens (including phenoxy) is 1. The van der Waals surface area contributed by atoms with Crippen LogP contribution in [0.4, 0.5) is 5.69 Å². The van der Waals surface area contributed by atoms with Crippen LogP contribution >= 0.6 is 11.6 Å². The number of aromatic nitrogens is 2. The number of sulfonamides is 1. The molecule has 9 heteroatoms. The van der Waals surface area contributed by atoms with E-state index in [0.717, 1.165) is 0 Å². The summed E-state index contributed by atoms with van der Waals surface area (Å²) in [4.78, 5) is -0.0158. The molecule has 0 bridgehead atoms. The minimum absolute atomic E-state index is 0.0158. The topological polar surface area (TPSA) is 93.5 Å². The van der Waals surface area contributed by atoms with Crippen molar-refractivity contribution >= 4 is 27.3 Å². The third-order valence-corrected chi connectivity index (χ3v) is 4.21. The summed E-state index contributed by atoms with van der Waals surface area (Å²) >= 11 is 5.86. The lowest BCUT2D eigenvalue weighted by atomic mass is 10.3. The minimum atomic E-state index is -3.81. The summed E-state index contributed by atoms with van der Waals surface area (Å²) in [6.07, 6.45) is 2.53. The molecular weight excluding hydrogens is 318 g/mol. The Hall–Kier alpha value is -1.77. The molecule has 1 aromatic heterocycles. The van der Waals surface area contributed by atoms with Gasteiger partial charge in [-0.25, -0.2) is 8.42 Å². The predicted octanol–water partition coefficient (Wildman–Crippen LogP) is 1.34. The number of aliphatic hydroxyl groups excluding tert-OH is 1. The van der Waals surface area contributed by atoms with Crippen LogP contribution in [0.15, 0.2) is 35.5 Å². The number of rotatable bonds is 6. The Morgan fingerprint density at radius 3 is 2.90 bits per heavy atom. The molecule has 0 amide bonds. The quantitative estimate of drug-likeness (QED) is 0.833. The molecule has 7 nitrogen and oxygen atoms in total. The number of aliphatic hydroxyl groups is 1. The normalized spacial score (nSPS) is 11.4. The number of nitrogens with zero attached hydrogens (tertiary/aromatic N) is 2. The lowest BCUT2D eigenvalue weighted by molar-refractivity contribution is 0.269. The van der Waals surface area contributed by atoms with E-state index in [9.17, 15) is 8.42 Å². The van der Waals surface area contributed by atoms with Gasteiger partial charge in [0.05, 0.1) is 32.1 Å². The summed E-state index contributed by atoms with van der Waals surface area (Å²) in [5.41, 5.74) is 0.236. The summed E-state index contributed by atoms with van der Waals surface area (Å²) in [5.74, 6) is 0.353. The standard InChI is InChI=1S/C12H14ClN3O4S/c1-20-12-3-2-9(13)6-11(12)15-21(18,19)10-7-14-16(8-10)4-5-17/h2-3,6-8,15,17H,4-5H2,1H3. The maximum atomic E-state index is 12.3. The fraction of sp³-hybridized carbons (Fsp3) is 0.250. The van der Waals surface area contributed by atoms with Crippen molar-refractivity contribution in [1.82, 2.24) is 9.78 Å². The van der Waals surface area contributed by atoms with Gasteiger partial charge in [-0.1, -0.05) is 11.6 Å². The zero-order valence-electron chi connectivity index (χ0n) is 11.2. The van der Waals surface area contributed by atoms with E-state index < -0.39 is 10.0 Å². The molecule has 21 heavy (non-hydrogen) atoms. The Balaban J connectivity index is 2.30. The van der Waals surface area contributed by atoms with E-state index in [1.807, 2.05) is 0 Å². The molecule has 0 saturated carbocycles. The van der Waals surface area contributed by atoms with Crippen LogP contribution in [-0.4, -0.2) is 37.0 Å². The van der Waals surface area contributed by atoms with Gasteiger partial charge in [0.2, 0.25) is 0 Å². The average molecular weight is 332 g/mol. The van der Waals surface area contributed by atoms with Crippen molar-refractivity contribution in [3.8, 4) is 5.75 Å². The maximum Gasteiger partial charge on any atom is 0.265 e. The fourth-order valence-corrected chi connectivity index (χ4v) is 2.86. The first-order chi connectivity index (χ1) is 9.96. The van der Waals surface area contributed by atoms with E-state index in [-0.39, 0.29) is 23.7 Å². The molecule has 114 valence electrons. The van der Waals surface area contributed by atoms with Gasteiger partial charge in [-0.3, -0.25) is 9.40 Å². The first-order valence-corrected chi connectivity index (χ1v) is 7.82. The van der Waals surface area contributed by atoms with Gasteiger partial charge in [0.1, 0.15) is 10.6 Å². The lowest BCUT2D eigenvalue weighted by Gasteiger charge is -2.11. The Bertz CT molecular complexity index is 730. The molecule has 2 aromatic rings. The number of anilines is 1. The zero-order valence-corrected chi connectivity index (χ0v) is 12.7. The minimum Gasteiger partial charge on any atom is -0.495 e. The van der Waals surface area contributed by atoms with Crippen molar-refractivity contribution in [2.24, 2.45) is 0 Å². The molecule has 0 aliphatic carbocycles. The second-order valence-electron chi connectivity index (χ2n) is 4.11. The van der Waals surface area contributed by atoms with Crippen LogP contribution in [-0.2, 0) is 16.6 Å². The van der Waals surface area contributed by atoms with Gasteiger partial charge < -0.3 is 9.84 Å². The molecule has 0 radical (unpaired) electrons. The van der Waals surface area contributed by atoms with E-state index in [2.05, 4.69) is 9.82 Å². The number of methoxy groups -OCH3 is 1. The molecule has 2 N–H and O–H groups in total. The van der Waals surface area contributed by atoms with Crippen LogP contribution in [0.25, 0.3) is 0 Å². The van der Waals surface area contributed by atoms with Gasteiger partial charge in [-0.2, -0.15) is 5.10 Å². The molecule has 1 heterocycles. The molecular formula is C12H14ClN3O4S. The average Bonchev–Trinajstić information content (AvgIpc) is 2.88. The highest BCUT2D eigenvalue weighted by Gasteiger charge is 2.18. The van der Waals surface area contributed by atoms with Gasteiger partial charge >= 0.3 is 0 Å². The van der Waals surface area contributed by atoms with Crippen LogP contribution in [0.5, 0.6) is 5.75 Å². The maximum absolute atomic E-state index is 12.3. The Morgan fingerprint density at radius 2 is 2.24 bits per heavy atom. The van der Waals surface area contributed by atoms with Gasteiger partial charge in [-0.15, -0.1) is 0 Å². The van der Waals surface area contributed by atoms with Crippen LogP contribution < -0.4 is 9.46 Å². The van der Waals surface area contributed by atoms with E-state index in [1.165, 1.54) is 30.3 Å². The van der Waals surface area contributed by atoms with Crippen molar-refractivity contribution in [2.75, 3.05) is 18.4 Å². The van der Waals surface area contributed by atoms with Crippen LogP contribution in [0, 0.1) is 0 Å². The predicted molar refractivity (Wildman–Crippen MR) is 78.1 cm³/mol. The monoisotopic (exact) mass is 331 g/mol. The van der Waals surface area contributed by atoms with Crippen molar-refractivity contribution in [3.05, 3.63) is 35.6 Å². The lowest BCUT2D eigenvalue weighted by Crippen LogP contribution is -2.13. The van der Waals surface area contributed by atoms with Crippen molar-refractivity contribution < 1.29 is 18.3 Å². The van der Waals surface area contributed by atoms with Crippen molar-refractivity contribution in [3.63, 3.8) is 0 Å². The molecule has 0 aliphatic rings. The summed E-state index contributed by atoms with van der Waals surface area (Å²) in [6, 6.07) is 4.61. The molecule has 0 atom stereocenters. The summed E-state index contributed by atoms with van der Waals surface area (Å²) in [7, 11) is -2.38. The van der Waals surface area contributed by atoms with Crippen LogP contribution in [0.3, 0.4) is 0 Å². The largest absolute Gasteiger partial charge is 0.495 e. The first kappa shape index (κ1) is 15.6. The number of hydrogen-bond donors (Lipinski definition) is 2. The summed E-state index contributed by atoms with van der Waals surface area (Å²) < 4.78 is 33.4. The number of hydrogen-bond acceptors (Lipinski definition) is 5. The van der Waals surface area contributed by atoms with E-state index in [4.69, 9.17) is 21.4 Å². The van der Waals surface area contributed by atoms with Crippen molar-refractivity contribution in [2.45, 2.75) is 11.4 Å². The summed E-state index contributed by atoms with van der Waals surface area (Å²) in [5, 5.41) is 13.0. The molecule has 0 spiro atoms. The fourth-order valence-electron chi connectivity index (χ4n) is 1.67. The van der Waals surface area contributed by atoms with Gasteiger partial charge in [0.25, 0.3) is 10.0 Å². The third kappa shape index (κ3) is 3.66. The molecule has 0 aliphatic heterocycles. The highest BCUT2D eigenvalue weighted by atomic mass is 35.5. The van der Waals surface area contributed by atoms with Gasteiger partial charge in [0, 0.05) is 11.2 Å². The molecule has 0 saturated heterocycles. The van der Waals surface area contributed by atoms with Crippen LogP contribution in [0.2, 0.25) is 5.02 Å². The number of halogens is 1. The molecule has 1 aromatic carbocycles. The Labute approximate surface area is 127 Å².